The van der Waals surface area contributed by atoms with E-state index in [0.29, 0.717) is 6.42 Å². The van der Waals surface area contributed by atoms with Gasteiger partial charge in [0, 0.05) is 46.1 Å². The molecular formula is C16H22N2O3. The number of rotatable bonds is 5. The summed E-state index contributed by atoms with van der Waals surface area (Å²) in [5, 5.41) is 8.73. The molecule has 0 spiro atoms. The quantitative estimate of drug-likeness (QED) is 0.889. The number of piperazine rings is 1. The van der Waals surface area contributed by atoms with E-state index in [-0.39, 0.29) is 12.3 Å². The van der Waals surface area contributed by atoms with Crippen molar-refractivity contribution in [1.29, 1.82) is 0 Å². The van der Waals surface area contributed by atoms with Gasteiger partial charge in [0.1, 0.15) is 0 Å². The van der Waals surface area contributed by atoms with Crippen LogP contribution in [-0.4, -0.2) is 53.0 Å². The van der Waals surface area contributed by atoms with Gasteiger partial charge >= 0.3 is 5.97 Å². The topological polar surface area (TPSA) is 60.9 Å². The lowest BCUT2D eigenvalue weighted by Gasteiger charge is -2.34. The van der Waals surface area contributed by atoms with Gasteiger partial charge in [-0.2, -0.15) is 0 Å². The molecule has 1 heterocycles. The Morgan fingerprint density at radius 3 is 2.43 bits per heavy atom. The van der Waals surface area contributed by atoms with Crippen LogP contribution in [0.25, 0.3) is 0 Å². The van der Waals surface area contributed by atoms with Gasteiger partial charge in [0.05, 0.1) is 0 Å². The first kappa shape index (κ1) is 15.5. The molecule has 1 aromatic carbocycles. The number of aryl methyl sites for hydroxylation is 1. The Hall–Kier alpha value is -1.88. The largest absolute Gasteiger partial charge is 0.481 e. The average Bonchev–Trinajstić information content (AvgIpc) is 2.46. The molecule has 0 saturated carbocycles. The Kier molecular flexibility index (Phi) is 5.33. The minimum atomic E-state index is -0.763. The summed E-state index contributed by atoms with van der Waals surface area (Å²) in [6, 6.07) is 8.11. The summed E-state index contributed by atoms with van der Waals surface area (Å²) in [5.41, 5.74) is 2.27. The lowest BCUT2D eigenvalue weighted by molar-refractivity contribution is -0.137. The number of carbonyl (C=O) groups excluding carboxylic acids is 1. The molecule has 5 heteroatoms. The van der Waals surface area contributed by atoms with Crippen molar-refractivity contribution < 1.29 is 14.7 Å². The molecule has 114 valence electrons. The van der Waals surface area contributed by atoms with Gasteiger partial charge in [-0.1, -0.05) is 24.3 Å². The molecule has 0 unspecified atom stereocenters. The summed E-state index contributed by atoms with van der Waals surface area (Å²) in [6.45, 7) is 5.81. The summed E-state index contributed by atoms with van der Waals surface area (Å²) in [6.07, 6.45) is 0.738. The molecule has 0 aliphatic carbocycles. The first-order chi connectivity index (χ1) is 10.0. The maximum atomic E-state index is 11.3. The smallest absolute Gasteiger partial charge is 0.303 e. The second-order valence-electron chi connectivity index (χ2n) is 5.50. The highest BCUT2D eigenvalue weighted by Gasteiger charge is 2.18. The molecule has 0 aromatic heterocycles. The molecule has 1 saturated heterocycles. The maximum Gasteiger partial charge on any atom is 0.303 e. The molecule has 2 rings (SSSR count). The van der Waals surface area contributed by atoms with Crippen LogP contribution in [-0.2, 0) is 22.6 Å². The first-order valence-corrected chi connectivity index (χ1v) is 7.32. The summed E-state index contributed by atoms with van der Waals surface area (Å²) >= 11 is 0. The van der Waals surface area contributed by atoms with E-state index in [0.717, 1.165) is 38.3 Å². The highest BCUT2D eigenvalue weighted by Crippen LogP contribution is 2.12. The molecule has 5 nitrogen and oxygen atoms in total. The van der Waals surface area contributed by atoms with E-state index in [2.05, 4.69) is 17.0 Å². The van der Waals surface area contributed by atoms with Gasteiger partial charge < -0.3 is 10.0 Å². The lowest BCUT2D eigenvalue weighted by Crippen LogP contribution is -2.47. The molecule has 0 radical (unpaired) electrons. The molecule has 1 fully saturated rings. The third kappa shape index (κ3) is 4.86. The monoisotopic (exact) mass is 290 g/mol. The predicted octanol–water partition coefficient (Wildman–Crippen LogP) is 1.37. The molecular weight excluding hydrogens is 268 g/mol. The van der Waals surface area contributed by atoms with Crippen molar-refractivity contribution in [3.63, 3.8) is 0 Å². The summed E-state index contributed by atoms with van der Waals surface area (Å²) in [4.78, 5) is 26.1. The van der Waals surface area contributed by atoms with Gasteiger partial charge in [0.2, 0.25) is 5.91 Å². The second-order valence-corrected chi connectivity index (χ2v) is 5.50. The van der Waals surface area contributed by atoms with Crippen molar-refractivity contribution >= 4 is 11.9 Å². The van der Waals surface area contributed by atoms with Crippen LogP contribution in [0.4, 0.5) is 0 Å². The Labute approximate surface area is 125 Å². The van der Waals surface area contributed by atoms with Gasteiger partial charge in [0.15, 0.2) is 0 Å². The molecule has 1 aliphatic rings. The van der Waals surface area contributed by atoms with Crippen LogP contribution in [0, 0.1) is 0 Å². The Morgan fingerprint density at radius 1 is 1.14 bits per heavy atom. The summed E-state index contributed by atoms with van der Waals surface area (Å²) in [7, 11) is 0. The highest BCUT2D eigenvalue weighted by atomic mass is 16.4. The fraction of sp³-hybridized carbons (Fsp3) is 0.500. The number of carbonyl (C=O) groups is 2. The van der Waals surface area contributed by atoms with E-state index in [9.17, 15) is 9.59 Å². The van der Waals surface area contributed by atoms with E-state index in [1.54, 1.807) is 6.92 Å². The molecule has 1 amide bonds. The van der Waals surface area contributed by atoms with Crippen molar-refractivity contribution in [2.75, 3.05) is 26.2 Å². The van der Waals surface area contributed by atoms with Crippen molar-refractivity contribution in [2.45, 2.75) is 26.3 Å². The normalized spacial score (nSPS) is 16.0. The van der Waals surface area contributed by atoms with Gasteiger partial charge in [-0.25, -0.2) is 0 Å². The van der Waals surface area contributed by atoms with E-state index >= 15 is 0 Å². The van der Waals surface area contributed by atoms with Crippen LogP contribution in [0.2, 0.25) is 0 Å². The van der Waals surface area contributed by atoms with E-state index in [1.165, 1.54) is 5.56 Å². The van der Waals surface area contributed by atoms with Crippen LogP contribution in [0.5, 0.6) is 0 Å². The van der Waals surface area contributed by atoms with Gasteiger partial charge in [-0.3, -0.25) is 14.5 Å². The van der Waals surface area contributed by atoms with Crippen LogP contribution < -0.4 is 0 Å². The standard InChI is InChI=1S/C16H22N2O3/c1-13(19)18-9-7-17(8-10-18)12-15-4-2-3-14(11-15)5-6-16(20)21/h2-4,11H,5-10,12H2,1H3,(H,20,21). The zero-order valence-corrected chi connectivity index (χ0v) is 12.4. The summed E-state index contributed by atoms with van der Waals surface area (Å²) in [5.74, 6) is -0.619. The number of benzene rings is 1. The van der Waals surface area contributed by atoms with Crippen molar-refractivity contribution in [2.24, 2.45) is 0 Å². The zero-order valence-electron chi connectivity index (χ0n) is 12.4. The highest BCUT2D eigenvalue weighted by molar-refractivity contribution is 5.73. The van der Waals surface area contributed by atoms with E-state index in [1.807, 2.05) is 17.0 Å². The Morgan fingerprint density at radius 2 is 1.81 bits per heavy atom. The Bertz CT molecular complexity index is 508. The lowest BCUT2D eigenvalue weighted by atomic mass is 10.1. The average molecular weight is 290 g/mol. The number of aliphatic carboxylic acids is 1. The van der Waals surface area contributed by atoms with Crippen molar-refractivity contribution in [1.82, 2.24) is 9.80 Å². The van der Waals surface area contributed by atoms with Crippen molar-refractivity contribution in [3.8, 4) is 0 Å². The van der Waals surface area contributed by atoms with Crippen LogP contribution >= 0.6 is 0 Å². The number of carboxylic acids is 1. The molecule has 1 aliphatic heterocycles. The van der Waals surface area contributed by atoms with E-state index in [4.69, 9.17) is 5.11 Å². The minimum Gasteiger partial charge on any atom is -0.481 e. The van der Waals surface area contributed by atoms with Gasteiger partial charge in [0.25, 0.3) is 0 Å². The fourth-order valence-corrected chi connectivity index (χ4v) is 2.61. The van der Waals surface area contributed by atoms with Crippen LogP contribution in [0.15, 0.2) is 24.3 Å². The van der Waals surface area contributed by atoms with E-state index < -0.39 is 5.97 Å². The SMILES string of the molecule is CC(=O)N1CCN(Cc2cccc(CCC(=O)O)c2)CC1. The predicted molar refractivity (Wildman–Crippen MR) is 79.9 cm³/mol. The second kappa shape index (κ2) is 7.22. The molecule has 1 N–H and O–H groups in total. The number of carboxylic acid groups (broad SMARTS) is 1. The zero-order chi connectivity index (χ0) is 15.2. The maximum absolute atomic E-state index is 11.3. The number of amides is 1. The third-order valence-corrected chi connectivity index (χ3v) is 3.84. The number of nitrogens with zero attached hydrogens (tertiary/aromatic N) is 2. The van der Waals surface area contributed by atoms with Gasteiger partial charge in [-0.05, 0) is 17.5 Å². The molecule has 0 bridgehead atoms. The number of hydrogen-bond donors (Lipinski definition) is 1. The first-order valence-electron chi connectivity index (χ1n) is 7.32. The fourth-order valence-electron chi connectivity index (χ4n) is 2.61. The summed E-state index contributed by atoms with van der Waals surface area (Å²) < 4.78 is 0. The van der Waals surface area contributed by atoms with Gasteiger partial charge in [-0.15, -0.1) is 0 Å². The molecule has 1 aromatic rings. The van der Waals surface area contributed by atoms with Crippen LogP contribution in [0.3, 0.4) is 0 Å². The number of hydrogen-bond acceptors (Lipinski definition) is 3. The van der Waals surface area contributed by atoms with Crippen LogP contribution in [0.1, 0.15) is 24.5 Å². The molecule has 21 heavy (non-hydrogen) atoms. The molecule has 0 atom stereocenters. The Balaban J connectivity index is 1.87. The van der Waals surface area contributed by atoms with Crippen molar-refractivity contribution in [3.05, 3.63) is 35.4 Å². The minimum absolute atomic E-state index is 0.144. The third-order valence-electron chi connectivity index (χ3n) is 3.84.